The summed E-state index contributed by atoms with van der Waals surface area (Å²) < 4.78 is 0. The van der Waals surface area contributed by atoms with E-state index in [1.54, 1.807) is 13.0 Å². The SMILES string of the molecule is Cc1cc(Cl)c(Cl)cc1C(=O)c1ccc([N+](=O)[O-])cc1. The zero-order chi connectivity index (χ0) is 14.9. The van der Waals surface area contributed by atoms with E-state index in [4.69, 9.17) is 23.2 Å². The van der Waals surface area contributed by atoms with Crippen LogP contribution in [0.2, 0.25) is 10.0 Å². The van der Waals surface area contributed by atoms with E-state index in [0.29, 0.717) is 26.7 Å². The molecule has 0 aliphatic heterocycles. The number of nitro benzene ring substituents is 1. The topological polar surface area (TPSA) is 60.2 Å². The van der Waals surface area contributed by atoms with Crippen molar-refractivity contribution in [2.75, 3.05) is 0 Å². The molecule has 0 unspecified atom stereocenters. The number of nitrogens with zero attached hydrogens (tertiary/aromatic N) is 1. The summed E-state index contributed by atoms with van der Waals surface area (Å²) in [4.78, 5) is 22.4. The van der Waals surface area contributed by atoms with Crippen molar-refractivity contribution in [1.82, 2.24) is 0 Å². The van der Waals surface area contributed by atoms with Crippen LogP contribution < -0.4 is 0 Å². The van der Waals surface area contributed by atoms with Gasteiger partial charge in [-0.3, -0.25) is 14.9 Å². The molecule has 0 radical (unpaired) electrons. The normalized spacial score (nSPS) is 10.3. The quantitative estimate of drug-likeness (QED) is 0.478. The molecule has 4 nitrogen and oxygen atoms in total. The van der Waals surface area contributed by atoms with E-state index in [0.717, 1.165) is 0 Å². The maximum absolute atomic E-state index is 12.3. The first-order chi connectivity index (χ1) is 9.40. The summed E-state index contributed by atoms with van der Waals surface area (Å²) in [6, 6.07) is 8.54. The molecule has 0 spiro atoms. The molecule has 0 aromatic heterocycles. The van der Waals surface area contributed by atoms with Crippen molar-refractivity contribution in [3.8, 4) is 0 Å². The van der Waals surface area contributed by atoms with Crippen LogP contribution in [0.1, 0.15) is 21.5 Å². The number of aryl methyl sites for hydroxylation is 1. The summed E-state index contributed by atoms with van der Waals surface area (Å²) in [5, 5.41) is 11.2. The van der Waals surface area contributed by atoms with E-state index in [2.05, 4.69) is 0 Å². The van der Waals surface area contributed by atoms with Crippen LogP contribution in [0.4, 0.5) is 5.69 Å². The minimum Gasteiger partial charge on any atom is -0.289 e. The summed E-state index contributed by atoms with van der Waals surface area (Å²) in [6.45, 7) is 1.75. The van der Waals surface area contributed by atoms with E-state index in [-0.39, 0.29) is 11.5 Å². The van der Waals surface area contributed by atoms with Crippen molar-refractivity contribution in [1.29, 1.82) is 0 Å². The molecule has 0 N–H and O–H groups in total. The molecule has 0 heterocycles. The Hall–Kier alpha value is -1.91. The van der Waals surface area contributed by atoms with Gasteiger partial charge in [0.25, 0.3) is 5.69 Å². The van der Waals surface area contributed by atoms with Gasteiger partial charge in [-0.25, -0.2) is 0 Å². The molecule has 0 saturated heterocycles. The smallest absolute Gasteiger partial charge is 0.269 e. The van der Waals surface area contributed by atoms with Crippen molar-refractivity contribution in [2.24, 2.45) is 0 Å². The third-order valence-corrected chi connectivity index (χ3v) is 3.57. The molecule has 0 amide bonds. The highest BCUT2D eigenvalue weighted by Crippen LogP contribution is 2.27. The molecule has 0 aliphatic carbocycles. The molecule has 0 aliphatic rings. The molecule has 0 saturated carbocycles. The van der Waals surface area contributed by atoms with Gasteiger partial charge in [0, 0.05) is 23.3 Å². The Morgan fingerprint density at radius 1 is 1.10 bits per heavy atom. The molecule has 2 aromatic carbocycles. The lowest BCUT2D eigenvalue weighted by Crippen LogP contribution is -2.04. The minimum absolute atomic E-state index is 0.0626. The zero-order valence-corrected chi connectivity index (χ0v) is 11.9. The van der Waals surface area contributed by atoms with E-state index in [1.165, 1.54) is 30.3 Å². The molecular formula is C14H9Cl2NO3. The van der Waals surface area contributed by atoms with Crippen LogP contribution in [-0.4, -0.2) is 10.7 Å². The fraction of sp³-hybridized carbons (Fsp3) is 0.0714. The maximum atomic E-state index is 12.3. The molecule has 102 valence electrons. The predicted molar refractivity (Wildman–Crippen MR) is 77.7 cm³/mol. The van der Waals surface area contributed by atoms with Gasteiger partial charge >= 0.3 is 0 Å². The fourth-order valence-electron chi connectivity index (χ4n) is 1.78. The lowest BCUT2D eigenvalue weighted by Gasteiger charge is -2.07. The van der Waals surface area contributed by atoms with Gasteiger partial charge in [0.05, 0.1) is 15.0 Å². The molecule has 20 heavy (non-hydrogen) atoms. The summed E-state index contributed by atoms with van der Waals surface area (Å²) in [5.41, 5.74) is 1.42. The lowest BCUT2D eigenvalue weighted by atomic mass is 9.99. The molecule has 0 fully saturated rings. The van der Waals surface area contributed by atoms with Crippen molar-refractivity contribution in [3.63, 3.8) is 0 Å². The summed E-state index contributed by atoms with van der Waals surface area (Å²) in [6.07, 6.45) is 0. The summed E-state index contributed by atoms with van der Waals surface area (Å²) >= 11 is 11.8. The molecular weight excluding hydrogens is 301 g/mol. The number of non-ortho nitro benzene ring substituents is 1. The third kappa shape index (κ3) is 2.81. The Labute approximate surface area is 125 Å². The van der Waals surface area contributed by atoms with Crippen LogP contribution in [0.15, 0.2) is 36.4 Å². The van der Waals surface area contributed by atoms with Gasteiger partial charge in [-0.05, 0) is 36.8 Å². The van der Waals surface area contributed by atoms with Crippen LogP contribution in [0.5, 0.6) is 0 Å². The summed E-state index contributed by atoms with van der Waals surface area (Å²) in [7, 11) is 0. The van der Waals surface area contributed by atoms with E-state index in [9.17, 15) is 14.9 Å². The summed E-state index contributed by atoms with van der Waals surface area (Å²) in [5.74, 6) is -0.254. The highest BCUT2D eigenvalue weighted by atomic mass is 35.5. The molecule has 2 rings (SSSR count). The molecule has 2 aromatic rings. The zero-order valence-electron chi connectivity index (χ0n) is 10.4. The second-order valence-electron chi connectivity index (χ2n) is 4.21. The van der Waals surface area contributed by atoms with Gasteiger partial charge in [-0.1, -0.05) is 23.2 Å². The Kier molecular flexibility index (Phi) is 4.06. The van der Waals surface area contributed by atoms with E-state index >= 15 is 0 Å². The number of carbonyl (C=O) groups excluding carboxylic acids is 1. The van der Waals surface area contributed by atoms with Crippen molar-refractivity contribution >= 4 is 34.7 Å². The van der Waals surface area contributed by atoms with Crippen molar-refractivity contribution in [3.05, 3.63) is 73.2 Å². The number of benzene rings is 2. The first kappa shape index (κ1) is 14.5. The second-order valence-corrected chi connectivity index (χ2v) is 5.03. The number of ketones is 1. The largest absolute Gasteiger partial charge is 0.289 e. The molecule has 0 bridgehead atoms. The van der Waals surface area contributed by atoms with Crippen molar-refractivity contribution in [2.45, 2.75) is 6.92 Å². The number of hydrogen-bond acceptors (Lipinski definition) is 3. The van der Waals surface area contributed by atoms with Crippen molar-refractivity contribution < 1.29 is 9.72 Å². The Bertz CT molecular complexity index is 696. The average molecular weight is 310 g/mol. The number of nitro groups is 1. The first-order valence-corrected chi connectivity index (χ1v) is 6.40. The van der Waals surface area contributed by atoms with Gasteiger partial charge in [-0.15, -0.1) is 0 Å². The van der Waals surface area contributed by atoms with Crippen LogP contribution in [-0.2, 0) is 0 Å². The third-order valence-electron chi connectivity index (χ3n) is 2.85. The van der Waals surface area contributed by atoms with Crippen LogP contribution in [0.3, 0.4) is 0 Å². The van der Waals surface area contributed by atoms with Crippen LogP contribution >= 0.6 is 23.2 Å². The van der Waals surface area contributed by atoms with Gasteiger partial charge in [-0.2, -0.15) is 0 Å². The van der Waals surface area contributed by atoms with Gasteiger partial charge < -0.3 is 0 Å². The van der Waals surface area contributed by atoms with Gasteiger partial charge in [0.2, 0.25) is 0 Å². The highest BCUT2D eigenvalue weighted by Gasteiger charge is 2.15. The average Bonchev–Trinajstić information content (AvgIpc) is 2.42. The second kappa shape index (κ2) is 5.61. The minimum atomic E-state index is -0.515. The predicted octanol–water partition coefficient (Wildman–Crippen LogP) is 4.44. The molecule has 6 heteroatoms. The highest BCUT2D eigenvalue weighted by molar-refractivity contribution is 6.42. The van der Waals surface area contributed by atoms with E-state index in [1.807, 2.05) is 0 Å². The Morgan fingerprint density at radius 2 is 1.65 bits per heavy atom. The Morgan fingerprint density at radius 3 is 2.20 bits per heavy atom. The van der Waals surface area contributed by atoms with Crippen LogP contribution in [0, 0.1) is 17.0 Å². The number of halogens is 2. The first-order valence-electron chi connectivity index (χ1n) is 5.65. The molecule has 0 atom stereocenters. The Balaban J connectivity index is 2.41. The maximum Gasteiger partial charge on any atom is 0.269 e. The number of carbonyl (C=O) groups is 1. The van der Waals surface area contributed by atoms with E-state index < -0.39 is 4.92 Å². The standard InChI is InChI=1S/C14H9Cl2NO3/c1-8-6-12(15)13(16)7-11(8)14(18)9-2-4-10(5-3-9)17(19)20/h2-7H,1H3. The van der Waals surface area contributed by atoms with Crippen LogP contribution in [0.25, 0.3) is 0 Å². The number of rotatable bonds is 3. The number of hydrogen-bond donors (Lipinski definition) is 0. The lowest BCUT2D eigenvalue weighted by molar-refractivity contribution is -0.384. The fourth-order valence-corrected chi connectivity index (χ4v) is 2.16. The van der Waals surface area contributed by atoms with Gasteiger partial charge in [0.15, 0.2) is 5.78 Å². The van der Waals surface area contributed by atoms with Gasteiger partial charge in [0.1, 0.15) is 0 Å². The monoisotopic (exact) mass is 309 g/mol.